The summed E-state index contributed by atoms with van der Waals surface area (Å²) >= 11 is 1.40. The van der Waals surface area contributed by atoms with Crippen LogP contribution in [0.5, 0.6) is 0 Å². The lowest BCUT2D eigenvalue weighted by atomic mass is 9.95. The molecule has 2 heterocycles. The predicted octanol–water partition coefficient (Wildman–Crippen LogP) is 1.32. The first-order chi connectivity index (χ1) is 9.39. The minimum Gasteiger partial charge on any atom is -0.388 e. The standard InChI is InChI=1S/C13H22N4O2S/c1-10(2)17-9-14-15-12(17)20-7-11(18)16-6-4-5-13(3,19)8-16/h9-10,19H,4-8H2,1-3H3. The first kappa shape index (κ1) is 15.3. The molecule has 2 rings (SSSR count). The number of nitrogens with zero attached hydrogens (tertiary/aromatic N) is 4. The molecule has 1 amide bonds. The summed E-state index contributed by atoms with van der Waals surface area (Å²) in [6.07, 6.45) is 3.29. The second kappa shape index (κ2) is 6.13. The molecule has 0 spiro atoms. The molecule has 20 heavy (non-hydrogen) atoms. The molecule has 0 bridgehead atoms. The number of β-amino-alcohol motifs (C(OH)–C–C–N with tert-alkyl or cyclic N) is 1. The Balaban J connectivity index is 1.90. The summed E-state index contributed by atoms with van der Waals surface area (Å²) in [7, 11) is 0. The Morgan fingerprint density at radius 3 is 3.00 bits per heavy atom. The number of aliphatic hydroxyl groups is 1. The molecule has 0 saturated carbocycles. The van der Waals surface area contributed by atoms with Gasteiger partial charge in [-0.25, -0.2) is 0 Å². The van der Waals surface area contributed by atoms with Crippen molar-refractivity contribution in [3.05, 3.63) is 6.33 Å². The number of piperidine rings is 1. The van der Waals surface area contributed by atoms with Crippen molar-refractivity contribution >= 4 is 17.7 Å². The molecule has 1 aliphatic heterocycles. The SMILES string of the molecule is CC(C)n1cnnc1SCC(=O)N1CCCC(C)(O)C1. The number of hydrogen-bond donors (Lipinski definition) is 1. The summed E-state index contributed by atoms with van der Waals surface area (Å²) in [5, 5.41) is 18.7. The molecular formula is C13H22N4O2S. The van der Waals surface area contributed by atoms with Gasteiger partial charge in [-0.3, -0.25) is 4.79 Å². The summed E-state index contributed by atoms with van der Waals surface area (Å²) in [5.74, 6) is 0.384. The van der Waals surface area contributed by atoms with Gasteiger partial charge >= 0.3 is 0 Å². The largest absolute Gasteiger partial charge is 0.388 e. The first-order valence-electron chi connectivity index (χ1n) is 6.91. The van der Waals surface area contributed by atoms with Crippen LogP contribution in [0.3, 0.4) is 0 Å². The van der Waals surface area contributed by atoms with Crippen LogP contribution in [0.1, 0.15) is 39.7 Å². The van der Waals surface area contributed by atoms with Gasteiger partial charge in [0.25, 0.3) is 0 Å². The van der Waals surface area contributed by atoms with Gasteiger partial charge in [-0.1, -0.05) is 11.8 Å². The number of amides is 1. The van der Waals surface area contributed by atoms with Crippen molar-refractivity contribution in [1.29, 1.82) is 0 Å². The summed E-state index contributed by atoms with van der Waals surface area (Å²) in [6.45, 7) is 7.04. The fraction of sp³-hybridized carbons (Fsp3) is 0.769. The van der Waals surface area contributed by atoms with Crippen molar-refractivity contribution in [2.24, 2.45) is 0 Å². The number of likely N-dealkylation sites (tertiary alicyclic amines) is 1. The van der Waals surface area contributed by atoms with Crippen LogP contribution in [0.4, 0.5) is 0 Å². The fourth-order valence-corrected chi connectivity index (χ4v) is 3.29. The van der Waals surface area contributed by atoms with Crippen LogP contribution in [-0.2, 0) is 4.79 Å². The lowest BCUT2D eigenvalue weighted by molar-refractivity contribution is -0.134. The Bertz CT molecular complexity index is 473. The lowest BCUT2D eigenvalue weighted by Gasteiger charge is -2.36. The maximum Gasteiger partial charge on any atom is 0.233 e. The van der Waals surface area contributed by atoms with Crippen molar-refractivity contribution in [3.63, 3.8) is 0 Å². The van der Waals surface area contributed by atoms with E-state index >= 15 is 0 Å². The Hall–Kier alpha value is -1.08. The molecule has 112 valence electrons. The summed E-state index contributed by atoms with van der Waals surface area (Å²) in [6, 6.07) is 0.276. The van der Waals surface area contributed by atoms with Crippen molar-refractivity contribution < 1.29 is 9.90 Å². The molecule has 7 heteroatoms. The summed E-state index contributed by atoms with van der Waals surface area (Å²) in [5.41, 5.74) is -0.753. The lowest BCUT2D eigenvalue weighted by Crippen LogP contribution is -2.49. The van der Waals surface area contributed by atoms with Crippen molar-refractivity contribution in [3.8, 4) is 0 Å². The molecule has 1 aromatic heterocycles. The second-order valence-electron chi connectivity index (χ2n) is 5.82. The second-order valence-corrected chi connectivity index (χ2v) is 6.76. The third kappa shape index (κ3) is 3.73. The van der Waals surface area contributed by atoms with Gasteiger partial charge in [0.15, 0.2) is 5.16 Å². The molecule has 1 unspecified atom stereocenters. The van der Waals surface area contributed by atoms with Gasteiger partial charge in [-0.15, -0.1) is 10.2 Å². The molecule has 6 nitrogen and oxygen atoms in total. The predicted molar refractivity (Wildman–Crippen MR) is 77.6 cm³/mol. The number of rotatable bonds is 4. The number of aromatic nitrogens is 3. The van der Waals surface area contributed by atoms with E-state index in [9.17, 15) is 9.90 Å². The molecule has 1 N–H and O–H groups in total. The Morgan fingerprint density at radius 2 is 2.35 bits per heavy atom. The maximum absolute atomic E-state index is 12.2. The quantitative estimate of drug-likeness (QED) is 0.849. The van der Waals surface area contributed by atoms with E-state index in [4.69, 9.17) is 0 Å². The van der Waals surface area contributed by atoms with Crippen LogP contribution in [0.2, 0.25) is 0 Å². The van der Waals surface area contributed by atoms with E-state index in [1.54, 1.807) is 18.2 Å². The molecule has 1 atom stereocenters. The highest BCUT2D eigenvalue weighted by Gasteiger charge is 2.30. The van der Waals surface area contributed by atoms with Crippen molar-refractivity contribution in [2.45, 2.75) is 50.4 Å². The molecule has 1 saturated heterocycles. The third-order valence-corrected chi connectivity index (χ3v) is 4.39. The van der Waals surface area contributed by atoms with Crippen LogP contribution in [0.25, 0.3) is 0 Å². The molecule has 0 aliphatic carbocycles. The van der Waals surface area contributed by atoms with E-state index in [2.05, 4.69) is 24.0 Å². The molecular weight excluding hydrogens is 276 g/mol. The highest BCUT2D eigenvalue weighted by atomic mass is 32.2. The monoisotopic (exact) mass is 298 g/mol. The Labute approximate surface area is 123 Å². The zero-order valence-electron chi connectivity index (χ0n) is 12.2. The van der Waals surface area contributed by atoms with Gasteiger partial charge in [0.05, 0.1) is 11.4 Å². The molecule has 0 aromatic carbocycles. The van der Waals surface area contributed by atoms with Gasteiger partial charge in [-0.2, -0.15) is 0 Å². The fourth-order valence-electron chi connectivity index (χ4n) is 2.34. The zero-order chi connectivity index (χ0) is 14.8. The average molecular weight is 298 g/mol. The smallest absolute Gasteiger partial charge is 0.233 e. The van der Waals surface area contributed by atoms with E-state index in [1.165, 1.54) is 11.8 Å². The number of hydrogen-bond acceptors (Lipinski definition) is 5. The van der Waals surface area contributed by atoms with Gasteiger partial charge in [-0.05, 0) is 33.6 Å². The van der Waals surface area contributed by atoms with E-state index in [-0.39, 0.29) is 11.9 Å². The van der Waals surface area contributed by atoms with E-state index < -0.39 is 5.60 Å². The van der Waals surface area contributed by atoms with Gasteiger partial charge in [0.1, 0.15) is 6.33 Å². The van der Waals surface area contributed by atoms with Crippen LogP contribution < -0.4 is 0 Å². The maximum atomic E-state index is 12.2. The van der Waals surface area contributed by atoms with Crippen LogP contribution in [-0.4, -0.2) is 55.1 Å². The first-order valence-corrected chi connectivity index (χ1v) is 7.90. The summed E-state index contributed by atoms with van der Waals surface area (Å²) in [4.78, 5) is 13.9. The van der Waals surface area contributed by atoms with Crippen LogP contribution in [0.15, 0.2) is 11.5 Å². The minimum absolute atomic E-state index is 0.0493. The summed E-state index contributed by atoms with van der Waals surface area (Å²) < 4.78 is 1.95. The van der Waals surface area contributed by atoms with Crippen LogP contribution in [0, 0.1) is 0 Å². The molecule has 1 fully saturated rings. The van der Waals surface area contributed by atoms with Crippen LogP contribution >= 0.6 is 11.8 Å². The molecule has 0 radical (unpaired) electrons. The average Bonchev–Trinajstić information content (AvgIpc) is 2.83. The van der Waals surface area contributed by atoms with Gasteiger partial charge < -0.3 is 14.6 Å². The van der Waals surface area contributed by atoms with Crippen molar-refractivity contribution in [1.82, 2.24) is 19.7 Å². The molecule has 1 aromatic rings. The van der Waals surface area contributed by atoms with Gasteiger partial charge in [0, 0.05) is 19.1 Å². The Kier molecular flexibility index (Phi) is 4.70. The minimum atomic E-state index is -0.753. The van der Waals surface area contributed by atoms with E-state index in [0.717, 1.165) is 24.5 Å². The van der Waals surface area contributed by atoms with Gasteiger partial charge in [0.2, 0.25) is 5.91 Å². The zero-order valence-corrected chi connectivity index (χ0v) is 13.1. The Morgan fingerprint density at radius 1 is 1.60 bits per heavy atom. The van der Waals surface area contributed by atoms with E-state index in [0.29, 0.717) is 12.3 Å². The topological polar surface area (TPSA) is 71.2 Å². The number of carbonyl (C=O) groups excluding carboxylic acids is 1. The highest BCUT2D eigenvalue weighted by molar-refractivity contribution is 7.99. The van der Waals surface area contributed by atoms with Crippen molar-refractivity contribution in [2.75, 3.05) is 18.8 Å². The normalized spacial score (nSPS) is 23.4. The number of thioether (sulfide) groups is 1. The molecule has 1 aliphatic rings. The number of carbonyl (C=O) groups is 1. The van der Waals surface area contributed by atoms with E-state index in [1.807, 2.05) is 4.57 Å². The third-order valence-electron chi connectivity index (χ3n) is 3.45. The highest BCUT2D eigenvalue weighted by Crippen LogP contribution is 2.23.